The molecule has 120 valence electrons. The molecular weight excluding hydrogens is 288 g/mol. The molecule has 2 aromatic rings. The van der Waals surface area contributed by atoms with E-state index in [1.165, 1.54) is 30.9 Å². The lowest BCUT2D eigenvalue weighted by atomic mass is 9.61. The average Bonchev–Trinajstić information content (AvgIpc) is 2.55. The van der Waals surface area contributed by atoms with Gasteiger partial charge in [0.05, 0.1) is 0 Å². The molecule has 0 radical (unpaired) electrons. The van der Waals surface area contributed by atoms with E-state index < -0.39 is 0 Å². The van der Waals surface area contributed by atoms with Crippen molar-refractivity contribution >= 4 is 0 Å². The SMILES string of the molecule is Oc1ccc(C2Cc3c(O)cc(O)cc3C3CCCCC23)cc1. The van der Waals surface area contributed by atoms with Crippen LogP contribution in [0.3, 0.4) is 0 Å². The third-order valence-electron chi connectivity index (χ3n) is 5.73. The van der Waals surface area contributed by atoms with Gasteiger partial charge in [-0.15, -0.1) is 0 Å². The first kappa shape index (κ1) is 14.4. The fourth-order valence-corrected chi connectivity index (χ4v) is 4.70. The van der Waals surface area contributed by atoms with E-state index in [-0.39, 0.29) is 17.2 Å². The zero-order valence-corrected chi connectivity index (χ0v) is 13.1. The van der Waals surface area contributed by atoms with E-state index >= 15 is 0 Å². The van der Waals surface area contributed by atoms with Crippen LogP contribution in [0.15, 0.2) is 36.4 Å². The van der Waals surface area contributed by atoms with Crippen LogP contribution in [-0.2, 0) is 6.42 Å². The maximum Gasteiger partial charge on any atom is 0.122 e. The van der Waals surface area contributed by atoms with E-state index in [0.29, 0.717) is 17.8 Å². The van der Waals surface area contributed by atoms with Crippen molar-refractivity contribution in [3.63, 3.8) is 0 Å². The summed E-state index contributed by atoms with van der Waals surface area (Å²) in [5, 5.41) is 29.8. The second kappa shape index (κ2) is 5.48. The maximum atomic E-state index is 10.3. The van der Waals surface area contributed by atoms with Crippen LogP contribution in [0.1, 0.15) is 54.2 Å². The second-order valence-electron chi connectivity index (χ2n) is 6.99. The number of aromatic hydroxyl groups is 3. The molecule has 0 aliphatic heterocycles. The topological polar surface area (TPSA) is 60.7 Å². The minimum atomic E-state index is 0.161. The van der Waals surface area contributed by atoms with E-state index in [9.17, 15) is 15.3 Å². The molecule has 0 heterocycles. The average molecular weight is 310 g/mol. The lowest BCUT2D eigenvalue weighted by molar-refractivity contribution is 0.240. The summed E-state index contributed by atoms with van der Waals surface area (Å²) in [6.45, 7) is 0. The zero-order valence-electron chi connectivity index (χ0n) is 13.1. The number of fused-ring (bicyclic) bond motifs is 3. The van der Waals surface area contributed by atoms with Crippen molar-refractivity contribution in [3.05, 3.63) is 53.1 Å². The summed E-state index contributed by atoms with van der Waals surface area (Å²) in [6.07, 6.45) is 5.56. The number of hydrogen-bond acceptors (Lipinski definition) is 3. The fourth-order valence-electron chi connectivity index (χ4n) is 4.70. The predicted molar refractivity (Wildman–Crippen MR) is 89.0 cm³/mol. The number of rotatable bonds is 1. The van der Waals surface area contributed by atoms with E-state index in [0.717, 1.165) is 24.0 Å². The lowest BCUT2D eigenvalue weighted by Gasteiger charge is -2.43. The molecular formula is C20H22O3. The van der Waals surface area contributed by atoms with Gasteiger partial charge in [0.2, 0.25) is 0 Å². The Labute approximate surface area is 136 Å². The van der Waals surface area contributed by atoms with Gasteiger partial charge in [-0.05, 0) is 71.9 Å². The molecule has 0 aromatic heterocycles. The number of phenolic OH excluding ortho intramolecular Hbond substituents is 3. The smallest absolute Gasteiger partial charge is 0.122 e. The fraction of sp³-hybridized carbons (Fsp3) is 0.400. The molecule has 2 aliphatic rings. The quantitative estimate of drug-likeness (QED) is 0.731. The van der Waals surface area contributed by atoms with Gasteiger partial charge in [0.15, 0.2) is 0 Å². The largest absolute Gasteiger partial charge is 0.508 e. The monoisotopic (exact) mass is 310 g/mol. The van der Waals surface area contributed by atoms with E-state index in [4.69, 9.17) is 0 Å². The molecule has 0 spiro atoms. The highest BCUT2D eigenvalue weighted by Crippen LogP contribution is 2.53. The highest BCUT2D eigenvalue weighted by molar-refractivity contribution is 5.50. The first-order valence-electron chi connectivity index (χ1n) is 8.47. The predicted octanol–water partition coefficient (Wildman–Crippen LogP) is 4.42. The highest BCUT2D eigenvalue weighted by Gasteiger charge is 2.39. The van der Waals surface area contributed by atoms with Crippen LogP contribution in [0, 0.1) is 5.92 Å². The Balaban J connectivity index is 1.81. The summed E-state index contributed by atoms with van der Waals surface area (Å²) in [5.74, 6) is 1.98. The van der Waals surface area contributed by atoms with Crippen LogP contribution >= 0.6 is 0 Å². The molecule has 3 atom stereocenters. The maximum absolute atomic E-state index is 10.3. The van der Waals surface area contributed by atoms with Gasteiger partial charge in [0, 0.05) is 6.07 Å². The van der Waals surface area contributed by atoms with Crippen LogP contribution in [-0.4, -0.2) is 15.3 Å². The molecule has 2 aliphatic carbocycles. The standard InChI is InChI=1S/C20H22O3/c21-13-7-5-12(6-8-13)17-11-19-18(9-14(22)10-20(19)23)16-4-2-1-3-15(16)17/h5-10,15-17,21-23H,1-4,11H2. The second-order valence-corrected chi connectivity index (χ2v) is 6.99. The van der Waals surface area contributed by atoms with Gasteiger partial charge in [0.1, 0.15) is 17.2 Å². The van der Waals surface area contributed by atoms with E-state index in [1.54, 1.807) is 12.1 Å². The number of hydrogen-bond donors (Lipinski definition) is 3. The van der Waals surface area contributed by atoms with Crippen molar-refractivity contribution in [2.45, 2.75) is 43.9 Å². The van der Waals surface area contributed by atoms with Crippen LogP contribution in [0.5, 0.6) is 17.2 Å². The summed E-state index contributed by atoms with van der Waals surface area (Å²) in [7, 11) is 0. The number of benzene rings is 2. The van der Waals surface area contributed by atoms with Gasteiger partial charge in [-0.25, -0.2) is 0 Å². The van der Waals surface area contributed by atoms with Crippen LogP contribution < -0.4 is 0 Å². The summed E-state index contributed by atoms with van der Waals surface area (Å²) >= 11 is 0. The molecule has 4 rings (SSSR count). The van der Waals surface area contributed by atoms with E-state index in [2.05, 4.69) is 0 Å². The van der Waals surface area contributed by atoms with E-state index in [1.807, 2.05) is 18.2 Å². The first-order valence-corrected chi connectivity index (χ1v) is 8.47. The third-order valence-corrected chi connectivity index (χ3v) is 5.73. The molecule has 2 aromatic carbocycles. The van der Waals surface area contributed by atoms with Gasteiger partial charge in [-0.3, -0.25) is 0 Å². The summed E-state index contributed by atoms with van der Waals surface area (Å²) < 4.78 is 0. The van der Waals surface area contributed by atoms with Crippen LogP contribution in [0.2, 0.25) is 0 Å². The molecule has 3 nitrogen and oxygen atoms in total. The van der Waals surface area contributed by atoms with Crippen molar-refractivity contribution in [3.8, 4) is 17.2 Å². The molecule has 0 amide bonds. The van der Waals surface area contributed by atoms with Gasteiger partial charge in [-0.1, -0.05) is 25.0 Å². The molecule has 0 saturated heterocycles. The minimum absolute atomic E-state index is 0.161. The Morgan fingerprint density at radius 2 is 1.52 bits per heavy atom. The first-order chi connectivity index (χ1) is 11.1. The minimum Gasteiger partial charge on any atom is -0.508 e. The van der Waals surface area contributed by atoms with Crippen molar-refractivity contribution < 1.29 is 15.3 Å². The molecule has 0 bridgehead atoms. The Kier molecular flexibility index (Phi) is 3.44. The summed E-state index contributed by atoms with van der Waals surface area (Å²) in [4.78, 5) is 0. The Bertz CT molecular complexity index is 720. The molecule has 1 fully saturated rings. The van der Waals surface area contributed by atoms with Crippen molar-refractivity contribution in [2.24, 2.45) is 5.92 Å². The lowest BCUT2D eigenvalue weighted by Crippen LogP contribution is -2.30. The molecule has 3 heteroatoms. The highest BCUT2D eigenvalue weighted by atomic mass is 16.3. The third kappa shape index (κ3) is 2.44. The summed E-state index contributed by atoms with van der Waals surface area (Å²) in [6, 6.07) is 10.8. The molecule has 3 unspecified atom stereocenters. The Morgan fingerprint density at radius 3 is 2.30 bits per heavy atom. The van der Waals surface area contributed by atoms with Gasteiger partial charge >= 0.3 is 0 Å². The van der Waals surface area contributed by atoms with Crippen molar-refractivity contribution in [1.29, 1.82) is 0 Å². The Morgan fingerprint density at radius 1 is 0.783 bits per heavy atom. The summed E-state index contributed by atoms with van der Waals surface area (Å²) in [5.41, 5.74) is 3.36. The number of phenols is 3. The Hall–Kier alpha value is -2.16. The normalized spacial score (nSPS) is 26.3. The van der Waals surface area contributed by atoms with Gasteiger partial charge in [0.25, 0.3) is 0 Å². The van der Waals surface area contributed by atoms with Crippen LogP contribution in [0.4, 0.5) is 0 Å². The van der Waals surface area contributed by atoms with Crippen molar-refractivity contribution in [2.75, 3.05) is 0 Å². The molecule has 23 heavy (non-hydrogen) atoms. The zero-order chi connectivity index (χ0) is 16.0. The van der Waals surface area contributed by atoms with Gasteiger partial charge in [-0.2, -0.15) is 0 Å². The van der Waals surface area contributed by atoms with Crippen LogP contribution in [0.25, 0.3) is 0 Å². The van der Waals surface area contributed by atoms with Gasteiger partial charge < -0.3 is 15.3 Å². The molecule has 3 N–H and O–H groups in total. The van der Waals surface area contributed by atoms with Crippen molar-refractivity contribution in [1.82, 2.24) is 0 Å². The molecule has 1 saturated carbocycles.